The van der Waals surface area contributed by atoms with Gasteiger partial charge in [0.25, 0.3) is 0 Å². The fraction of sp³-hybridized carbons (Fsp3) is 0.529. The first kappa shape index (κ1) is 12.0. The Morgan fingerprint density at radius 3 is 2.56 bits per heavy atom. The normalized spacial score (nSPS) is 33.8. The smallest absolute Gasteiger partial charge is 0.0546 e. The average molecular weight is 242 g/mol. The molecule has 96 valence electrons. The molecule has 3 rings (SSSR count). The second-order valence-electron chi connectivity index (χ2n) is 5.84. The van der Waals surface area contributed by atoms with E-state index in [1.54, 1.807) is 0 Å². The van der Waals surface area contributed by atoms with Crippen LogP contribution in [0.4, 0.5) is 0 Å². The number of hydrogen-bond acceptors (Lipinski definition) is 1. The molecule has 0 aliphatic heterocycles. The zero-order valence-corrected chi connectivity index (χ0v) is 10.8. The number of aryl methyl sites for hydroxylation is 1. The largest absolute Gasteiger partial charge is 0.393 e. The predicted molar refractivity (Wildman–Crippen MR) is 74.2 cm³/mol. The van der Waals surface area contributed by atoms with Gasteiger partial charge >= 0.3 is 0 Å². The van der Waals surface area contributed by atoms with Gasteiger partial charge in [-0.05, 0) is 55.4 Å². The van der Waals surface area contributed by atoms with Crippen molar-refractivity contribution in [3.8, 4) is 0 Å². The zero-order valence-electron chi connectivity index (χ0n) is 10.8. The van der Waals surface area contributed by atoms with Crippen molar-refractivity contribution >= 4 is 0 Å². The third kappa shape index (κ3) is 2.67. The number of unbranched alkanes of at least 4 members (excludes halogenated alkanes) is 1. The Kier molecular flexibility index (Phi) is 3.51. The van der Waals surface area contributed by atoms with E-state index in [-0.39, 0.29) is 6.10 Å². The molecule has 2 unspecified atom stereocenters. The van der Waals surface area contributed by atoms with Crippen LogP contribution in [0.15, 0.2) is 42.5 Å². The van der Waals surface area contributed by atoms with Crippen LogP contribution < -0.4 is 0 Å². The molecule has 0 amide bonds. The van der Waals surface area contributed by atoms with Crippen molar-refractivity contribution in [2.24, 2.45) is 17.8 Å². The highest BCUT2D eigenvalue weighted by Gasteiger charge is 2.53. The van der Waals surface area contributed by atoms with Crippen LogP contribution in [0.3, 0.4) is 0 Å². The van der Waals surface area contributed by atoms with Crippen LogP contribution in [0.1, 0.15) is 31.2 Å². The number of fused-ring (bicyclic) bond motifs is 1. The number of hydrogen-bond donors (Lipinski definition) is 1. The Bertz CT molecular complexity index is 397. The van der Waals surface area contributed by atoms with Crippen LogP contribution in [-0.4, -0.2) is 11.2 Å². The summed E-state index contributed by atoms with van der Waals surface area (Å²) in [7, 11) is 0. The second-order valence-corrected chi connectivity index (χ2v) is 5.84. The van der Waals surface area contributed by atoms with E-state index in [0.29, 0.717) is 0 Å². The van der Waals surface area contributed by atoms with E-state index < -0.39 is 0 Å². The Labute approximate surface area is 110 Å². The van der Waals surface area contributed by atoms with Crippen molar-refractivity contribution in [3.63, 3.8) is 0 Å². The molecule has 2 atom stereocenters. The van der Waals surface area contributed by atoms with Gasteiger partial charge in [0.05, 0.1) is 6.10 Å². The summed E-state index contributed by atoms with van der Waals surface area (Å²) in [6, 6.07) is 10.7. The first-order chi connectivity index (χ1) is 8.84. The summed E-state index contributed by atoms with van der Waals surface area (Å²) >= 11 is 0. The molecule has 0 bridgehead atoms. The molecule has 0 radical (unpaired) electrons. The maximum atomic E-state index is 9.46. The molecule has 2 fully saturated rings. The average Bonchev–Trinajstić information content (AvgIpc) is 2.85. The minimum atomic E-state index is 0.00253. The summed E-state index contributed by atoms with van der Waals surface area (Å²) in [6.07, 6.45) is 10.5. The highest BCUT2D eigenvalue weighted by atomic mass is 16.3. The van der Waals surface area contributed by atoms with Crippen molar-refractivity contribution in [1.82, 2.24) is 0 Å². The maximum Gasteiger partial charge on any atom is 0.0546 e. The van der Waals surface area contributed by atoms with Crippen molar-refractivity contribution in [1.29, 1.82) is 0 Å². The summed E-state index contributed by atoms with van der Waals surface area (Å²) in [6.45, 7) is 0. The fourth-order valence-electron chi connectivity index (χ4n) is 3.47. The molecule has 0 aromatic heterocycles. The van der Waals surface area contributed by atoms with Crippen LogP contribution in [0.25, 0.3) is 0 Å². The van der Waals surface area contributed by atoms with Crippen LogP contribution in [0, 0.1) is 17.8 Å². The zero-order chi connectivity index (χ0) is 12.4. The summed E-state index contributed by atoms with van der Waals surface area (Å²) in [5.41, 5.74) is 1.44. The van der Waals surface area contributed by atoms with Gasteiger partial charge in [0, 0.05) is 0 Å². The number of aliphatic hydroxyl groups is 1. The minimum Gasteiger partial charge on any atom is -0.393 e. The lowest BCUT2D eigenvalue weighted by atomic mass is 10.1. The fourth-order valence-corrected chi connectivity index (χ4v) is 3.47. The lowest BCUT2D eigenvalue weighted by Gasteiger charge is -2.04. The van der Waals surface area contributed by atoms with Gasteiger partial charge in [-0.2, -0.15) is 0 Å². The Morgan fingerprint density at radius 2 is 1.83 bits per heavy atom. The van der Waals surface area contributed by atoms with Gasteiger partial charge in [-0.15, -0.1) is 0 Å². The van der Waals surface area contributed by atoms with Gasteiger partial charge in [0.1, 0.15) is 0 Å². The van der Waals surface area contributed by atoms with Gasteiger partial charge in [-0.25, -0.2) is 0 Å². The van der Waals surface area contributed by atoms with Gasteiger partial charge in [-0.1, -0.05) is 42.5 Å². The summed E-state index contributed by atoms with van der Waals surface area (Å²) in [4.78, 5) is 0. The van der Waals surface area contributed by atoms with Gasteiger partial charge in [0.2, 0.25) is 0 Å². The monoisotopic (exact) mass is 242 g/mol. The van der Waals surface area contributed by atoms with Gasteiger partial charge in [0.15, 0.2) is 0 Å². The van der Waals surface area contributed by atoms with E-state index in [9.17, 15) is 5.11 Å². The molecule has 18 heavy (non-hydrogen) atoms. The van der Waals surface area contributed by atoms with Crippen molar-refractivity contribution in [3.05, 3.63) is 48.0 Å². The SMILES string of the molecule is OC1CC2C(/C=C/CCCc3ccccc3)C2C1. The minimum absolute atomic E-state index is 0.00253. The Balaban J connectivity index is 1.34. The third-order valence-corrected chi connectivity index (χ3v) is 4.52. The number of benzene rings is 1. The Hall–Kier alpha value is -1.08. The van der Waals surface area contributed by atoms with Crippen LogP contribution >= 0.6 is 0 Å². The molecule has 1 aromatic carbocycles. The first-order valence-electron chi connectivity index (χ1n) is 7.23. The number of rotatable bonds is 5. The number of aliphatic hydroxyl groups excluding tert-OH is 1. The highest BCUT2D eigenvalue weighted by molar-refractivity contribution is 5.15. The molecule has 1 N–H and O–H groups in total. The molecule has 1 nitrogen and oxygen atoms in total. The van der Waals surface area contributed by atoms with Crippen LogP contribution in [0.5, 0.6) is 0 Å². The van der Waals surface area contributed by atoms with E-state index >= 15 is 0 Å². The summed E-state index contributed by atoms with van der Waals surface area (Å²) < 4.78 is 0. The first-order valence-corrected chi connectivity index (χ1v) is 7.23. The third-order valence-electron chi connectivity index (χ3n) is 4.52. The molecule has 0 spiro atoms. The molecular weight excluding hydrogens is 220 g/mol. The molecule has 1 aromatic rings. The second kappa shape index (κ2) is 5.27. The molecule has 2 aliphatic rings. The topological polar surface area (TPSA) is 20.2 Å². The van der Waals surface area contributed by atoms with E-state index in [2.05, 4.69) is 42.5 Å². The highest BCUT2D eigenvalue weighted by Crippen LogP contribution is 2.58. The van der Waals surface area contributed by atoms with Crippen molar-refractivity contribution < 1.29 is 5.11 Å². The van der Waals surface area contributed by atoms with Crippen molar-refractivity contribution in [2.45, 2.75) is 38.2 Å². The van der Waals surface area contributed by atoms with E-state index in [0.717, 1.165) is 30.6 Å². The maximum absolute atomic E-state index is 9.46. The molecule has 1 heteroatoms. The molecular formula is C17H22O. The van der Waals surface area contributed by atoms with Gasteiger partial charge < -0.3 is 5.11 Å². The van der Waals surface area contributed by atoms with Crippen LogP contribution in [0.2, 0.25) is 0 Å². The van der Waals surface area contributed by atoms with E-state index in [4.69, 9.17) is 0 Å². The van der Waals surface area contributed by atoms with E-state index in [1.807, 2.05) is 0 Å². The Morgan fingerprint density at radius 1 is 1.11 bits per heavy atom. The quantitative estimate of drug-likeness (QED) is 0.618. The summed E-state index contributed by atoms with van der Waals surface area (Å²) in [5, 5.41) is 9.46. The summed E-state index contributed by atoms with van der Waals surface area (Å²) in [5.74, 6) is 2.42. The van der Waals surface area contributed by atoms with Crippen molar-refractivity contribution in [2.75, 3.05) is 0 Å². The molecule has 2 aliphatic carbocycles. The van der Waals surface area contributed by atoms with E-state index in [1.165, 1.54) is 24.8 Å². The standard InChI is InChI=1S/C17H22O/c18-14-11-16-15(17(16)12-14)10-6-2-5-9-13-7-3-1-4-8-13/h1,3-4,6-8,10,14-18H,2,5,9,11-12H2/b10-6+. The lowest BCUT2D eigenvalue weighted by molar-refractivity contribution is 0.164. The molecule has 2 saturated carbocycles. The van der Waals surface area contributed by atoms with Crippen LogP contribution in [-0.2, 0) is 6.42 Å². The lowest BCUT2D eigenvalue weighted by Crippen LogP contribution is -2.03. The van der Waals surface area contributed by atoms with Gasteiger partial charge in [-0.3, -0.25) is 0 Å². The molecule has 0 saturated heterocycles. The predicted octanol–water partition coefficient (Wildman–Crippen LogP) is 3.58. The number of allylic oxidation sites excluding steroid dienone is 2. The molecule has 0 heterocycles.